The smallest absolute Gasteiger partial charge is 0.333 e. The molecule has 2 N–H and O–H groups in total. The summed E-state index contributed by atoms with van der Waals surface area (Å²) in [6.07, 6.45) is -0.711. The second kappa shape index (κ2) is 9.36. The van der Waals surface area contributed by atoms with Crippen LogP contribution in [0.15, 0.2) is 37.2 Å². The summed E-state index contributed by atoms with van der Waals surface area (Å²) in [6.45, 7) is 0.717. The van der Waals surface area contributed by atoms with Gasteiger partial charge >= 0.3 is 6.55 Å². The van der Waals surface area contributed by atoms with Crippen molar-refractivity contribution >= 4 is 17.2 Å². The summed E-state index contributed by atoms with van der Waals surface area (Å²) in [4.78, 5) is 3.92. The average Bonchev–Trinajstić information content (AvgIpc) is 3.41. The molecule has 0 aromatic carbocycles. The summed E-state index contributed by atoms with van der Waals surface area (Å²) in [7, 11) is 0. The molecule has 0 bridgehead atoms. The van der Waals surface area contributed by atoms with Gasteiger partial charge < -0.3 is 10.6 Å². The molecule has 0 amide bonds. The fourth-order valence-corrected chi connectivity index (χ4v) is 4.07. The SMILES string of the molecule is C=C(NC1CCC(Nc2cccc3nc(C(F)F)cn23)CC1)c1cn(C(F)F)nc1C(F)F. The van der Waals surface area contributed by atoms with E-state index in [4.69, 9.17) is 0 Å². The number of anilines is 1. The number of rotatable bonds is 8. The molecule has 0 aliphatic heterocycles. The first-order valence-electron chi connectivity index (χ1n) is 10.4. The van der Waals surface area contributed by atoms with Crippen LogP contribution in [0.1, 0.15) is 62.0 Å². The van der Waals surface area contributed by atoms with Crippen LogP contribution < -0.4 is 10.6 Å². The summed E-state index contributed by atoms with van der Waals surface area (Å²) in [6, 6.07) is 5.15. The lowest BCUT2D eigenvalue weighted by atomic mass is 9.90. The van der Waals surface area contributed by atoms with E-state index in [1.165, 1.54) is 6.20 Å². The summed E-state index contributed by atoms with van der Waals surface area (Å²) < 4.78 is 79.9. The van der Waals surface area contributed by atoms with Crippen LogP contribution in [0.25, 0.3) is 11.3 Å². The van der Waals surface area contributed by atoms with Crippen molar-refractivity contribution in [2.75, 3.05) is 5.32 Å². The van der Waals surface area contributed by atoms with Gasteiger partial charge in [-0.05, 0) is 37.8 Å². The first-order valence-corrected chi connectivity index (χ1v) is 10.4. The van der Waals surface area contributed by atoms with E-state index >= 15 is 0 Å². The van der Waals surface area contributed by atoms with Crippen LogP contribution in [-0.4, -0.2) is 31.2 Å². The third-order valence-corrected chi connectivity index (χ3v) is 5.68. The molecule has 1 fully saturated rings. The molecule has 0 unspecified atom stereocenters. The van der Waals surface area contributed by atoms with Crippen LogP contribution in [0.3, 0.4) is 0 Å². The van der Waals surface area contributed by atoms with Crippen molar-refractivity contribution in [3.8, 4) is 0 Å². The van der Waals surface area contributed by atoms with E-state index in [1.54, 1.807) is 22.6 Å². The fraction of sp³-hybridized carbons (Fsp3) is 0.429. The minimum Gasteiger partial charge on any atom is -0.382 e. The first-order chi connectivity index (χ1) is 15.7. The number of halogens is 6. The lowest BCUT2D eigenvalue weighted by Gasteiger charge is -2.31. The third-order valence-electron chi connectivity index (χ3n) is 5.68. The van der Waals surface area contributed by atoms with Crippen LogP contribution in [0.5, 0.6) is 0 Å². The van der Waals surface area contributed by atoms with Crippen molar-refractivity contribution in [3.05, 3.63) is 54.1 Å². The highest BCUT2D eigenvalue weighted by Crippen LogP contribution is 2.30. The molecule has 0 saturated heterocycles. The Morgan fingerprint density at radius 1 is 0.970 bits per heavy atom. The van der Waals surface area contributed by atoms with Gasteiger partial charge in [0.25, 0.3) is 12.9 Å². The fourth-order valence-electron chi connectivity index (χ4n) is 4.07. The van der Waals surface area contributed by atoms with Gasteiger partial charge in [0.15, 0.2) is 0 Å². The summed E-state index contributed by atoms with van der Waals surface area (Å²) in [5.74, 6) is 0.647. The zero-order valence-corrected chi connectivity index (χ0v) is 17.4. The Morgan fingerprint density at radius 3 is 2.30 bits per heavy atom. The molecule has 1 saturated carbocycles. The number of nitrogens with one attached hydrogen (secondary N) is 2. The highest BCUT2D eigenvalue weighted by atomic mass is 19.3. The number of hydrogen-bond donors (Lipinski definition) is 2. The Bertz CT molecular complexity index is 1120. The predicted octanol–water partition coefficient (Wildman–Crippen LogP) is 5.78. The number of aromatic nitrogens is 4. The molecule has 0 atom stereocenters. The number of nitrogens with zero attached hydrogens (tertiary/aromatic N) is 4. The van der Waals surface area contributed by atoms with Gasteiger partial charge in [0.05, 0.1) is 0 Å². The molecule has 1 aliphatic carbocycles. The van der Waals surface area contributed by atoms with E-state index in [9.17, 15) is 26.3 Å². The zero-order valence-electron chi connectivity index (χ0n) is 17.4. The second-order valence-corrected chi connectivity index (χ2v) is 7.91. The van der Waals surface area contributed by atoms with Gasteiger partial charge in [-0.15, -0.1) is 0 Å². The Hall–Kier alpha value is -3.18. The molecular formula is C21H22F6N6. The molecule has 0 radical (unpaired) electrons. The largest absolute Gasteiger partial charge is 0.382 e. The molecule has 3 aromatic rings. The topological polar surface area (TPSA) is 59.2 Å². The van der Waals surface area contributed by atoms with Crippen molar-refractivity contribution < 1.29 is 26.3 Å². The maximum atomic E-state index is 13.2. The molecular weight excluding hydrogens is 450 g/mol. The van der Waals surface area contributed by atoms with Crippen molar-refractivity contribution in [1.29, 1.82) is 0 Å². The van der Waals surface area contributed by atoms with Crippen LogP contribution in [0, 0.1) is 0 Å². The maximum Gasteiger partial charge on any atom is 0.333 e. The normalized spacial score (nSPS) is 19.1. The van der Waals surface area contributed by atoms with Crippen molar-refractivity contribution in [3.63, 3.8) is 0 Å². The van der Waals surface area contributed by atoms with E-state index in [1.807, 2.05) is 0 Å². The molecule has 4 rings (SSSR count). The van der Waals surface area contributed by atoms with E-state index < -0.39 is 25.1 Å². The van der Waals surface area contributed by atoms with Gasteiger partial charge in [-0.2, -0.15) is 13.9 Å². The van der Waals surface area contributed by atoms with Crippen LogP contribution in [0.2, 0.25) is 0 Å². The molecule has 0 spiro atoms. The zero-order chi connectivity index (χ0) is 23.7. The number of imidazole rings is 1. The first kappa shape index (κ1) is 23.0. The highest BCUT2D eigenvalue weighted by Gasteiger charge is 2.26. The highest BCUT2D eigenvalue weighted by molar-refractivity contribution is 5.63. The number of pyridine rings is 1. The Balaban J connectivity index is 1.37. The number of alkyl halides is 6. The standard InChI is InChI=1S/C21H22F6N6/c1-11(14-9-33(21(26)27)31-18(14)20(24)25)28-12-5-7-13(8-6-12)29-16-3-2-4-17-30-15(19(22)23)10-32(16)17/h2-4,9-10,12-13,19-21,28-29H,1,5-8H2. The van der Waals surface area contributed by atoms with Gasteiger partial charge in [0, 0.05) is 35.7 Å². The average molecular weight is 472 g/mol. The van der Waals surface area contributed by atoms with Crippen LogP contribution in [0.4, 0.5) is 32.2 Å². The summed E-state index contributed by atoms with van der Waals surface area (Å²) in [5, 5.41) is 9.68. The van der Waals surface area contributed by atoms with Gasteiger partial charge in [0.2, 0.25) is 0 Å². The number of fused-ring (bicyclic) bond motifs is 1. The van der Waals surface area contributed by atoms with Gasteiger partial charge in [0.1, 0.15) is 22.9 Å². The van der Waals surface area contributed by atoms with Crippen molar-refractivity contribution in [2.45, 2.75) is 57.2 Å². The molecule has 33 heavy (non-hydrogen) atoms. The number of hydrogen-bond acceptors (Lipinski definition) is 4. The summed E-state index contributed by atoms with van der Waals surface area (Å²) in [5.41, 5.74) is -0.627. The molecule has 178 valence electrons. The Labute approximate surface area is 185 Å². The van der Waals surface area contributed by atoms with E-state index in [2.05, 4.69) is 27.3 Å². The van der Waals surface area contributed by atoms with E-state index in [0.717, 1.165) is 19.0 Å². The van der Waals surface area contributed by atoms with E-state index in [-0.39, 0.29) is 33.7 Å². The Kier molecular flexibility index (Phi) is 6.52. The van der Waals surface area contributed by atoms with Gasteiger partial charge in [-0.3, -0.25) is 4.40 Å². The minimum atomic E-state index is -3.03. The molecule has 3 aromatic heterocycles. The third kappa shape index (κ3) is 4.93. The van der Waals surface area contributed by atoms with E-state index in [0.29, 0.717) is 24.3 Å². The second-order valence-electron chi connectivity index (χ2n) is 7.91. The molecule has 12 heteroatoms. The monoisotopic (exact) mass is 472 g/mol. The molecule has 6 nitrogen and oxygen atoms in total. The van der Waals surface area contributed by atoms with Gasteiger partial charge in [-0.25, -0.2) is 27.2 Å². The molecule has 3 heterocycles. The van der Waals surface area contributed by atoms with Crippen molar-refractivity contribution in [1.82, 2.24) is 24.5 Å². The van der Waals surface area contributed by atoms with Crippen LogP contribution >= 0.6 is 0 Å². The van der Waals surface area contributed by atoms with Gasteiger partial charge in [-0.1, -0.05) is 12.6 Å². The molecule has 1 aliphatic rings. The quantitative estimate of drug-likeness (QED) is 0.408. The lowest BCUT2D eigenvalue weighted by Crippen LogP contribution is -2.36. The van der Waals surface area contributed by atoms with Crippen LogP contribution in [-0.2, 0) is 0 Å². The Morgan fingerprint density at radius 2 is 1.67 bits per heavy atom. The minimum absolute atomic E-state index is 0.0672. The predicted molar refractivity (Wildman–Crippen MR) is 110 cm³/mol. The van der Waals surface area contributed by atoms with Crippen molar-refractivity contribution in [2.24, 2.45) is 0 Å². The lowest BCUT2D eigenvalue weighted by molar-refractivity contribution is 0.0537. The summed E-state index contributed by atoms with van der Waals surface area (Å²) >= 11 is 0. The maximum absolute atomic E-state index is 13.2.